The summed E-state index contributed by atoms with van der Waals surface area (Å²) in [6, 6.07) is 8.39. The Kier molecular flexibility index (Phi) is 4.37. The van der Waals surface area contributed by atoms with Crippen LogP contribution in [0.3, 0.4) is 0 Å². The number of hydrogen-bond acceptors (Lipinski definition) is 2. The van der Waals surface area contributed by atoms with E-state index in [9.17, 15) is 4.79 Å². The van der Waals surface area contributed by atoms with Crippen LogP contribution in [-0.4, -0.2) is 25.0 Å². The summed E-state index contributed by atoms with van der Waals surface area (Å²) in [5.74, 6) is 0.700. The zero-order valence-electron chi connectivity index (χ0n) is 11.2. The van der Waals surface area contributed by atoms with Crippen LogP contribution in [-0.2, 0) is 11.2 Å². The number of benzene rings is 1. The van der Waals surface area contributed by atoms with Crippen LogP contribution in [0.25, 0.3) is 0 Å². The Hall–Kier alpha value is -1.35. The molecule has 2 N–H and O–H groups in total. The molecule has 2 unspecified atom stereocenters. The predicted molar refractivity (Wildman–Crippen MR) is 73.5 cm³/mol. The Morgan fingerprint density at radius 3 is 3.06 bits per heavy atom. The molecule has 1 aliphatic heterocycles. The van der Waals surface area contributed by atoms with Crippen LogP contribution < -0.4 is 10.6 Å². The summed E-state index contributed by atoms with van der Waals surface area (Å²) in [7, 11) is 0. The van der Waals surface area contributed by atoms with Crippen molar-refractivity contribution < 1.29 is 4.79 Å². The summed E-state index contributed by atoms with van der Waals surface area (Å²) in [6.45, 7) is 6.24. The summed E-state index contributed by atoms with van der Waals surface area (Å²) in [6.07, 6.45) is 1.64. The van der Waals surface area contributed by atoms with E-state index in [1.165, 1.54) is 5.56 Å². The second kappa shape index (κ2) is 6.01. The van der Waals surface area contributed by atoms with Crippen molar-refractivity contribution in [3.63, 3.8) is 0 Å². The Morgan fingerprint density at radius 2 is 2.39 bits per heavy atom. The lowest BCUT2D eigenvalue weighted by atomic mass is 10.00. The number of carbonyl (C=O) groups excluding carboxylic acids is 1. The van der Waals surface area contributed by atoms with E-state index in [-0.39, 0.29) is 11.9 Å². The van der Waals surface area contributed by atoms with Gasteiger partial charge in [0.05, 0.1) is 6.42 Å². The van der Waals surface area contributed by atoms with Crippen molar-refractivity contribution in [2.75, 3.05) is 13.1 Å². The Balaban J connectivity index is 1.84. The van der Waals surface area contributed by atoms with Gasteiger partial charge in [-0.3, -0.25) is 4.79 Å². The van der Waals surface area contributed by atoms with Gasteiger partial charge in [-0.1, -0.05) is 29.8 Å². The molecule has 98 valence electrons. The molecule has 2 rings (SSSR count). The predicted octanol–water partition coefficient (Wildman–Crippen LogP) is 1.65. The Bertz CT molecular complexity index is 411. The molecule has 0 radical (unpaired) electrons. The van der Waals surface area contributed by atoms with Gasteiger partial charge in [0.25, 0.3) is 0 Å². The van der Waals surface area contributed by atoms with E-state index in [4.69, 9.17) is 0 Å². The minimum absolute atomic E-state index is 0.125. The van der Waals surface area contributed by atoms with E-state index in [0.717, 1.165) is 25.1 Å². The van der Waals surface area contributed by atoms with Crippen molar-refractivity contribution in [2.45, 2.75) is 32.7 Å². The lowest BCUT2D eigenvalue weighted by Gasteiger charge is -2.19. The number of rotatable bonds is 4. The molecule has 0 bridgehead atoms. The summed E-state index contributed by atoms with van der Waals surface area (Å²) in [5, 5.41) is 6.44. The van der Waals surface area contributed by atoms with Gasteiger partial charge in [0.15, 0.2) is 0 Å². The largest absolute Gasteiger partial charge is 0.353 e. The lowest BCUT2D eigenvalue weighted by molar-refractivity contribution is -0.121. The number of amides is 1. The molecule has 1 aromatic carbocycles. The normalized spacial score (nSPS) is 20.7. The molecule has 1 fully saturated rings. The Morgan fingerprint density at radius 1 is 1.56 bits per heavy atom. The first kappa shape index (κ1) is 13.1. The second-order valence-corrected chi connectivity index (χ2v) is 5.27. The topological polar surface area (TPSA) is 41.1 Å². The molecule has 1 saturated heterocycles. The number of hydrogen-bond donors (Lipinski definition) is 2. The molecule has 0 aromatic heterocycles. The van der Waals surface area contributed by atoms with Gasteiger partial charge in [-0.05, 0) is 44.8 Å². The van der Waals surface area contributed by atoms with Gasteiger partial charge in [-0.25, -0.2) is 0 Å². The molecule has 3 heteroatoms. The van der Waals surface area contributed by atoms with E-state index in [2.05, 4.69) is 23.6 Å². The fraction of sp³-hybridized carbons (Fsp3) is 0.533. The van der Waals surface area contributed by atoms with Gasteiger partial charge in [-0.2, -0.15) is 0 Å². The van der Waals surface area contributed by atoms with E-state index in [1.807, 2.05) is 25.1 Å². The average molecular weight is 246 g/mol. The SMILES string of the molecule is Cc1cccc(CC(=O)NC(C)C2CCNC2)c1. The summed E-state index contributed by atoms with van der Waals surface area (Å²) >= 11 is 0. The van der Waals surface area contributed by atoms with Gasteiger partial charge in [0.1, 0.15) is 0 Å². The van der Waals surface area contributed by atoms with Crippen LogP contribution in [0.1, 0.15) is 24.5 Å². The highest BCUT2D eigenvalue weighted by molar-refractivity contribution is 5.78. The highest BCUT2D eigenvalue weighted by Crippen LogP contribution is 2.12. The first-order valence-corrected chi connectivity index (χ1v) is 6.71. The smallest absolute Gasteiger partial charge is 0.224 e. The molecule has 3 nitrogen and oxygen atoms in total. The van der Waals surface area contributed by atoms with Crippen LogP contribution >= 0.6 is 0 Å². The maximum absolute atomic E-state index is 12.0. The molecule has 1 aromatic rings. The fourth-order valence-electron chi connectivity index (χ4n) is 2.53. The first-order valence-electron chi connectivity index (χ1n) is 6.71. The number of carbonyl (C=O) groups is 1. The van der Waals surface area contributed by atoms with Crippen molar-refractivity contribution in [1.29, 1.82) is 0 Å². The monoisotopic (exact) mass is 246 g/mol. The number of aryl methyl sites for hydroxylation is 1. The fourth-order valence-corrected chi connectivity index (χ4v) is 2.53. The van der Waals surface area contributed by atoms with E-state index in [1.54, 1.807) is 0 Å². The zero-order chi connectivity index (χ0) is 13.0. The molecule has 2 atom stereocenters. The minimum atomic E-state index is 0.125. The summed E-state index contributed by atoms with van der Waals surface area (Å²) < 4.78 is 0. The van der Waals surface area contributed by atoms with Gasteiger partial charge in [0.2, 0.25) is 5.91 Å². The van der Waals surface area contributed by atoms with E-state index >= 15 is 0 Å². The zero-order valence-corrected chi connectivity index (χ0v) is 11.2. The van der Waals surface area contributed by atoms with Gasteiger partial charge in [-0.15, -0.1) is 0 Å². The standard InChI is InChI=1S/C15H22N2O/c1-11-4-3-5-13(8-11)9-15(18)17-12(2)14-6-7-16-10-14/h3-5,8,12,14,16H,6-7,9-10H2,1-2H3,(H,17,18). The Labute approximate surface area is 109 Å². The van der Waals surface area contributed by atoms with Crippen LogP contribution in [0, 0.1) is 12.8 Å². The first-order chi connectivity index (χ1) is 8.65. The van der Waals surface area contributed by atoms with Gasteiger partial charge in [0, 0.05) is 6.04 Å². The molecule has 1 amide bonds. The van der Waals surface area contributed by atoms with Crippen molar-refractivity contribution in [3.8, 4) is 0 Å². The third-order valence-corrected chi connectivity index (χ3v) is 3.64. The van der Waals surface area contributed by atoms with Crippen LogP contribution in [0.2, 0.25) is 0 Å². The van der Waals surface area contributed by atoms with Gasteiger partial charge < -0.3 is 10.6 Å². The maximum Gasteiger partial charge on any atom is 0.224 e. The molecule has 1 aliphatic rings. The van der Waals surface area contributed by atoms with Crippen molar-refractivity contribution in [3.05, 3.63) is 35.4 Å². The number of nitrogens with one attached hydrogen (secondary N) is 2. The highest BCUT2D eigenvalue weighted by Gasteiger charge is 2.22. The molecule has 0 saturated carbocycles. The van der Waals surface area contributed by atoms with Crippen LogP contribution in [0.5, 0.6) is 0 Å². The molecule has 0 spiro atoms. The third-order valence-electron chi connectivity index (χ3n) is 3.64. The lowest BCUT2D eigenvalue weighted by Crippen LogP contribution is -2.39. The summed E-state index contributed by atoms with van der Waals surface area (Å²) in [4.78, 5) is 12.0. The van der Waals surface area contributed by atoms with E-state index < -0.39 is 0 Å². The van der Waals surface area contributed by atoms with E-state index in [0.29, 0.717) is 12.3 Å². The molecular formula is C15H22N2O. The van der Waals surface area contributed by atoms with Crippen molar-refractivity contribution in [2.24, 2.45) is 5.92 Å². The van der Waals surface area contributed by atoms with Crippen molar-refractivity contribution >= 4 is 5.91 Å². The van der Waals surface area contributed by atoms with Crippen LogP contribution in [0.4, 0.5) is 0 Å². The molecule has 0 aliphatic carbocycles. The second-order valence-electron chi connectivity index (χ2n) is 5.27. The maximum atomic E-state index is 12.0. The summed E-state index contributed by atoms with van der Waals surface area (Å²) in [5.41, 5.74) is 2.29. The molecule has 1 heterocycles. The quantitative estimate of drug-likeness (QED) is 0.848. The van der Waals surface area contributed by atoms with Gasteiger partial charge >= 0.3 is 0 Å². The molecule has 18 heavy (non-hydrogen) atoms. The van der Waals surface area contributed by atoms with Crippen LogP contribution in [0.15, 0.2) is 24.3 Å². The average Bonchev–Trinajstić information content (AvgIpc) is 2.81. The third kappa shape index (κ3) is 3.57. The van der Waals surface area contributed by atoms with Crippen molar-refractivity contribution in [1.82, 2.24) is 10.6 Å². The highest BCUT2D eigenvalue weighted by atomic mass is 16.1. The minimum Gasteiger partial charge on any atom is -0.353 e. The molecular weight excluding hydrogens is 224 g/mol.